The topological polar surface area (TPSA) is 87.7 Å². The molecule has 0 radical (unpaired) electrons. The van der Waals surface area contributed by atoms with Gasteiger partial charge in [-0.1, -0.05) is 12.1 Å². The SMILES string of the molecule is CCOc1cc(C)ccc1CNC(=O)NC1CCC(C(=O)O)CC1. The lowest BCUT2D eigenvalue weighted by atomic mass is 9.86. The molecule has 0 bridgehead atoms. The highest BCUT2D eigenvalue weighted by Crippen LogP contribution is 2.24. The summed E-state index contributed by atoms with van der Waals surface area (Å²) >= 11 is 0. The predicted molar refractivity (Wildman–Crippen MR) is 91.1 cm³/mol. The zero-order valence-corrected chi connectivity index (χ0v) is 14.3. The number of hydrogen-bond acceptors (Lipinski definition) is 3. The molecule has 132 valence electrons. The van der Waals surface area contributed by atoms with E-state index in [9.17, 15) is 9.59 Å². The molecular formula is C18H26N2O4. The summed E-state index contributed by atoms with van der Waals surface area (Å²) in [6, 6.07) is 5.73. The van der Waals surface area contributed by atoms with Gasteiger partial charge in [0.15, 0.2) is 0 Å². The molecule has 6 heteroatoms. The van der Waals surface area contributed by atoms with Crippen LogP contribution in [0.15, 0.2) is 18.2 Å². The van der Waals surface area contributed by atoms with Gasteiger partial charge in [0.1, 0.15) is 5.75 Å². The molecule has 1 fully saturated rings. The molecule has 2 amide bonds. The number of aryl methyl sites for hydroxylation is 1. The maximum absolute atomic E-state index is 12.1. The molecule has 0 spiro atoms. The van der Waals surface area contributed by atoms with Crippen LogP contribution < -0.4 is 15.4 Å². The van der Waals surface area contributed by atoms with Crippen LogP contribution in [0.4, 0.5) is 4.79 Å². The first kappa shape index (κ1) is 18.1. The third kappa shape index (κ3) is 5.15. The molecule has 0 aliphatic heterocycles. The Labute approximate surface area is 142 Å². The highest BCUT2D eigenvalue weighted by atomic mass is 16.5. The number of benzene rings is 1. The Hall–Kier alpha value is -2.24. The molecular weight excluding hydrogens is 308 g/mol. The van der Waals surface area contributed by atoms with Crippen LogP contribution in [-0.4, -0.2) is 29.8 Å². The van der Waals surface area contributed by atoms with Gasteiger partial charge in [-0.15, -0.1) is 0 Å². The van der Waals surface area contributed by atoms with Crippen molar-refractivity contribution >= 4 is 12.0 Å². The fraction of sp³-hybridized carbons (Fsp3) is 0.556. The van der Waals surface area contributed by atoms with Gasteiger partial charge in [-0.3, -0.25) is 4.79 Å². The van der Waals surface area contributed by atoms with Gasteiger partial charge >= 0.3 is 12.0 Å². The predicted octanol–water partition coefficient (Wildman–Crippen LogP) is 2.84. The lowest BCUT2D eigenvalue weighted by Gasteiger charge is -2.26. The fourth-order valence-electron chi connectivity index (χ4n) is 2.99. The van der Waals surface area contributed by atoms with Crippen LogP contribution in [0.2, 0.25) is 0 Å². The van der Waals surface area contributed by atoms with Crippen LogP contribution in [0.3, 0.4) is 0 Å². The Kier molecular flexibility index (Phi) is 6.46. The van der Waals surface area contributed by atoms with E-state index in [2.05, 4.69) is 10.6 Å². The van der Waals surface area contributed by atoms with Crippen molar-refractivity contribution in [1.82, 2.24) is 10.6 Å². The highest BCUT2D eigenvalue weighted by molar-refractivity contribution is 5.74. The molecule has 1 saturated carbocycles. The van der Waals surface area contributed by atoms with Crippen LogP contribution in [0.5, 0.6) is 5.75 Å². The molecule has 1 aliphatic rings. The van der Waals surface area contributed by atoms with Gasteiger partial charge in [0.05, 0.1) is 12.5 Å². The van der Waals surface area contributed by atoms with E-state index in [1.54, 1.807) is 0 Å². The average Bonchev–Trinajstić information content (AvgIpc) is 2.55. The highest BCUT2D eigenvalue weighted by Gasteiger charge is 2.26. The van der Waals surface area contributed by atoms with E-state index in [1.165, 1.54) is 0 Å². The standard InChI is InChI=1S/C18H26N2O4/c1-3-24-16-10-12(2)4-5-14(16)11-19-18(23)20-15-8-6-13(7-9-15)17(21)22/h4-5,10,13,15H,3,6-9,11H2,1-2H3,(H,21,22)(H2,19,20,23). The number of carboxylic acid groups (broad SMARTS) is 1. The van der Waals surface area contributed by atoms with Crippen molar-refractivity contribution in [2.75, 3.05) is 6.61 Å². The Balaban J connectivity index is 1.81. The van der Waals surface area contributed by atoms with Gasteiger partial charge in [-0.25, -0.2) is 4.79 Å². The second-order valence-electron chi connectivity index (χ2n) is 6.26. The average molecular weight is 334 g/mol. The molecule has 1 aromatic rings. The number of carbonyl (C=O) groups excluding carboxylic acids is 1. The smallest absolute Gasteiger partial charge is 0.315 e. The monoisotopic (exact) mass is 334 g/mol. The largest absolute Gasteiger partial charge is 0.494 e. The van der Waals surface area contributed by atoms with E-state index in [0.29, 0.717) is 38.8 Å². The Bertz CT molecular complexity index is 580. The normalized spacial score (nSPS) is 20.2. The van der Waals surface area contributed by atoms with E-state index < -0.39 is 5.97 Å². The summed E-state index contributed by atoms with van der Waals surface area (Å²) in [5.74, 6) is -0.215. The number of ether oxygens (including phenoxy) is 1. The molecule has 3 N–H and O–H groups in total. The summed E-state index contributed by atoms with van der Waals surface area (Å²) in [4.78, 5) is 23.0. The van der Waals surface area contributed by atoms with Gasteiger partial charge in [0.25, 0.3) is 0 Å². The van der Waals surface area contributed by atoms with Gasteiger partial charge in [0, 0.05) is 18.2 Å². The summed E-state index contributed by atoms with van der Waals surface area (Å²) in [6.07, 6.45) is 2.65. The molecule has 1 aliphatic carbocycles. The quantitative estimate of drug-likeness (QED) is 0.746. The van der Waals surface area contributed by atoms with E-state index in [4.69, 9.17) is 9.84 Å². The minimum atomic E-state index is -0.735. The molecule has 2 rings (SSSR count). The van der Waals surface area contributed by atoms with Crippen molar-refractivity contribution in [3.8, 4) is 5.75 Å². The molecule has 6 nitrogen and oxygen atoms in total. The van der Waals surface area contributed by atoms with Crippen molar-refractivity contribution in [1.29, 1.82) is 0 Å². The second kappa shape index (κ2) is 8.57. The van der Waals surface area contributed by atoms with Gasteiger partial charge in [-0.05, 0) is 51.2 Å². The number of hydrogen-bond donors (Lipinski definition) is 3. The van der Waals surface area contributed by atoms with E-state index in [0.717, 1.165) is 16.9 Å². The minimum absolute atomic E-state index is 0.0463. The van der Waals surface area contributed by atoms with Crippen LogP contribution in [-0.2, 0) is 11.3 Å². The van der Waals surface area contributed by atoms with E-state index >= 15 is 0 Å². The molecule has 0 heterocycles. The molecule has 0 aromatic heterocycles. The van der Waals surface area contributed by atoms with E-state index in [-0.39, 0.29) is 18.0 Å². The first-order valence-corrected chi connectivity index (χ1v) is 8.49. The number of urea groups is 1. The van der Waals surface area contributed by atoms with Gasteiger partial charge in [-0.2, -0.15) is 0 Å². The number of rotatable bonds is 6. The molecule has 0 atom stereocenters. The summed E-state index contributed by atoms with van der Waals surface area (Å²) < 4.78 is 5.61. The zero-order valence-electron chi connectivity index (χ0n) is 14.3. The Morgan fingerprint density at radius 1 is 1.25 bits per heavy atom. The number of amides is 2. The summed E-state index contributed by atoms with van der Waals surface area (Å²) in [5, 5.41) is 14.8. The third-order valence-corrected chi connectivity index (χ3v) is 4.37. The van der Waals surface area contributed by atoms with Crippen molar-refractivity contribution in [2.45, 2.75) is 52.1 Å². The molecule has 0 unspecified atom stereocenters. The van der Waals surface area contributed by atoms with Crippen molar-refractivity contribution in [3.05, 3.63) is 29.3 Å². The number of carbonyl (C=O) groups is 2. The maximum atomic E-state index is 12.1. The van der Waals surface area contributed by atoms with Crippen molar-refractivity contribution in [2.24, 2.45) is 5.92 Å². The van der Waals surface area contributed by atoms with Crippen molar-refractivity contribution < 1.29 is 19.4 Å². The van der Waals surface area contributed by atoms with Crippen LogP contribution in [0.1, 0.15) is 43.7 Å². The number of aliphatic carboxylic acids is 1. The van der Waals surface area contributed by atoms with Gasteiger partial charge in [0.2, 0.25) is 0 Å². The first-order valence-electron chi connectivity index (χ1n) is 8.49. The minimum Gasteiger partial charge on any atom is -0.494 e. The first-order chi connectivity index (χ1) is 11.5. The maximum Gasteiger partial charge on any atom is 0.315 e. The second-order valence-corrected chi connectivity index (χ2v) is 6.26. The molecule has 1 aromatic carbocycles. The lowest BCUT2D eigenvalue weighted by molar-refractivity contribution is -0.142. The third-order valence-electron chi connectivity index (χ3n) is 4.37. The van der Waals surface area contributed by atoms with Crippen LogP contribution in [0, 0.1) is 12.8 Å². The van der Waals surface area contributed by atoms with Crippen LogP contribution >= 0.6 is 0 Å². The number of carboxylic acids is 1. The summed E-state index contributed by atoms with van der Waals surface area (Å²) in [5.41, 5.74) is 2.05. The summed E-state index contributed by atoms with van der Waals surface area (Å²) in [7, 11) is 0. The van der Waals surface area contributed by atoms with Crippen LogP contribution in [0.25, 0.3) is 0 Å². The molecule has 0 saturated heterocycles. The van der Waals surface area contributed by atoms with E-state index in [1.807, 2.05) is 32.0 Å². The number of nitrogens with one attached hydrogen (secondary N) is 2. The van der Waals surface area contributed by atoms with Gasteiger partial charge < -0.3 is 20.5 Å². The lowest BCUT2D eigenvalue weighted by Crippen LogP contribution is -2.43. The Morgan fingerprint density at radius 2 is 1.96 bits per heavy atom. The molecule has 24 heavy (non-hydrogen) atoms. The Morgan fingerprint density at radius 3 is 2.58 bits per heavy atom. The van der Waals surface area contributed by atoms with Crippen molar-refractivity contribution in [3.63, 3.8) is 0 Å². The summed E-state index contributed by atoms with van der Waals surface area (Å²) in [6.45, 7) is 4.90. The fourth-order valence-corrected chi connectivity index (χ4v) is 2.99. The zero-order chi connectivity index (χ0) is 17.5.